The smallest absolute Gasteiger partial charge is 0.386 e. The van der Waals surface area contributed by atoms with E-state index in [4.69, 9.17) is 14.3 Å². The van der Waals surface area contributed by atoms with Gasteiger partial charge in [-0.15, -0.1) is 0 Å². The maximum Gasteiger partial charge on any atom is 0.419 e. The molecular formula is C9H15NO2Si. The summed E-state index contributed by atoms with van der Waals surface area (Å²) in [5.41, 5.74) is 1.11. The van der Waals surface area contributed by atoms with Crippen molar-refractivity contribution in [3.05, 3.63) is 35.9 Å². The standard InChI is InChI=1S/C9H15NO2Si/c1-11-13(2,10)12-8-9-6-4-3-5-7-9/h3-7H,8,10H2,1-2H3. The molecule has 2 N–H and O–H groups in total. The van der Waals surface area contributed by atoms with Crippen LogP contribution in [0.2, 0.25) is 6.55 Å². The third-order valence-electron chi connectivity index (χ3n) is 1.77. The van der Waals surface area contributed by atoms with Crippen molar-refractivity contribution in [2.24, 2.45) is 5.40 Å². The van der Waals surface area contributed by atoms with Crippen molar-refractivity contribution in [1.29, 1.82) is 0 Å². The van der Waals surface area contributed by atoms with Gasteiger partial charge in [0.25, 0.3) is 0 Å². The molecular weight excluding hydrogens is 182 g/mol. The zero-order chi connectivity index (χ0) is 9.73. The molecule has 0 radical (unpaired) electrons. The van der Waals surface area contributed by atoms with Gasteiger partial charge in [-0.05, 0) is 12.1 Å². The second-order valence-electron chi connectivity index (χ2n) is 2.99. The summed E-state index contributed by atoms with van der Waals surface area (Å²) in [6.45, 7) is 2.34. The van der Waals surface area contributed by atoms with E-state index >= 15 is 0 Å². The summed E-state index contributed by atoms with van der Waals surface area (Å²) < 4.78 is 10.5. The van der Waals surface area contributed by atoms with E-state index in [1.165, 1.54) is 0 Å². The van der Waals surface area contributed by atoms with Gasteiger partial charge in [0.15, 0.2) is 0 Å². The maximum absolute atomic E-state index is 5.76. The van der Waals surface area contributed by atoms with Gasteiger partial charge in [0.05, 0.1) is 6.61 Å². The van der Waals surface area contributed by atoms with E-state index < -0.39 is 8.72 Å². The average molecular weight is 197 g/mol. The number of rotatable bonds is 4. The van der Waals surface area contributed by atoms with Crippen LogP contribution >= 0.6 is 0 Å². The highest BCUT2D eigenvalue weighted by atomic mass is 28.4. The molecule has 0 saturated heterocycles. The first-order chi connectivity index (χ1) is 6.14. The lowest BCUT2D eigenvalue weighted by atomic mass is 10.2. The predicted molar refractivity (Wildman–Crippen MR) is 54.0 cm³/mol. The first-order valence-electron chi connectivity index (χ1n) is 4.16. The minimum atomic E-state index is -2.36. The molecule has 0 aliphatic rings. The lowest BCUT2D eigenvalue weighted by molar-refractivity contribution is 0.196. The van der Waals surface area contributed by atoms with Gasteiger partial charge in [0, 0.05) is 7.11 Å². The highest BCUT2D eigenvalue weighted by Crippen LogP contribution is 2.05. The fourth-order valence-corrected chi connectivity index (χ4v) is 1.43. The second kappa shape index (κ2) is 4.52. The van der Waals surface area contributed by atoms with Gasteiger partial charge in [0.2, 0.25) is 0 Å². The molecule has 0 heterocycles. The van der Waals surface area contributed by atoms with E-state index in [9.17, 15) is 0 Å². The van der Waals surface area contributed by atoms with Crippen molar-refractivity contribution < 1.29 is 8.85 Å². The number of hydrogen-bond donors (Lipinski definition) is 1. The molecule has 1 atom stereocenters. The van der Waals surface area contributed by atoms with Gasteiger partial charge in [0.1, 0.15) is 0 Å². The van der Waals surface area contributed by atoms with Crippen LogP contribution < -0.4 is 5.40 Å². The molecule has 1 unspecified atom stereocenters. The lowest BCUT2D eigenvalue weighted by Gasteiger charge is -2.18. The van der Waals surface area contributed by atoms with Crippen molar-refractivity contribution in [2.75, 3.05) is 7.11 Å². The Morgan fingerprint density at radius 3 is 2.46 bits per heavy atom. The first kappa shape index (κ1) is 10.4. The van der Waals surface area contributed by atoms with Crippen LogP contribution in [0.25, 0.3) is 0 Å². The van der Waals surface area contributed by atoms with Gasteiger partial charge < -0.3 is 14.3 Å². The Labute approximate surface area is 79.8 Å². The van der Waals surface area contributed by atoms with Crippen LogP contribution in [0.5, 0.6) is 0 Å². The molecule has 1 aromatic carbocycles. The van der Waals surface area contributed by atoms with Crippen molar-refractivity contribution in [3.8, 4) is 0 Å². The summed E-state index contributed by atoms with van der Waals surface area (Å²) in [7, 11) is -0.779. The summed E-state index contributed by atoms with van der Waals surface area (Å²) in [4.78, 5) is 0. The summed E-state index contributed by atoms with van der Waals surface area (Å²) in [6, 6.07) is 9.92. The van der Waals surface area contributed by atoms with Crippen LogP contribution in [-0.2, 0) is 15.5 Å². The molecule has 0 amide bonds. The van der Waals surface area contributed by atoms with Gasteiger partial charge in [-0.25, -0.2) is 0 Å². The summed E-state index contributed by atoms with van der Waals surface area (Å²) >= 11 is 0. The van der Waals surface area contributed by atoms with Crippen molar-refractivity contribution in [3.63, 3.8) is 0 Å². The van der Waals surface area contributed by atoms with Crippen LogP contribution in [0.15, 0.2) is 30.3 Å². The van der Waals surface area contributed by atoms with Crippen LogP contribution in [0.4, 0.5) is 0 Å². The fourth-order valence-electron chi connectivity index (χ4n) is 0.860. The van der Waals surface area contributed by atoms with E-state index in [2.05, 4.69) is 0 Å². The molecule has 0 bridgehead atoms. The average Bonchev–Trinajstić information content (AvgIpc) is 2.17. The number of benzene rings is 1. The summed E-state index contributed by atoms with van der Waals surface area (Å²) in [5.74, 6) is 0. The molecule has 1 rings (SSSR count). The van der Waals surface area contributed by atoms with Crippen molar-refractivity contribution in [2.45, 2.75) is 13.2 Å². The molecule has 3 nitrogen and oxygen atoms in total. The highest BCUT2D eigenvalue weighted by Gasteiger charge is 2.24. The highest BCUT2D eigenvalue weighted by molar-refractivity contribution is 6.62. The van der Waals surface area contributed by atoms with Crippen molar-refractivity contribution >= 4 is 8.72 Å². The molecule has 0 aromatic heterocycles. The van der Waals surface area contributed by atoms with Crippen LogP contribution in [0, 0.1) is 0 Å². The normalized spacial score (nSPS) is 15.3. The van der Waals surface area contributed by atoms with Gasteiger partial charge in [-0.1, -0.05) is 30.3 Å². The molecule has 1 aromatic rings. The Balaban J connectivity index is 2.44. The second-order valence-corrected chi connectivity index (χ2v) is 5.72. The lowest BCUT2D eigenvalue weighted by Crippen LogP contribution is -2.47. The van der Waals surface area contributed by atoms with Gasteiger partial charge >= 0.3 is 8.72 Å². The topological polar surface area (TPSA) is 44.5 Å². The monoisotopic (exact) mass is 197 g/mol. The Kier molecular flexibility index (Phi) is 3.62. The summed E-state index contributed by atoms with van der Waals surface area (Å²) in [5, 5.41) is 5.76. The number of hydrogen-bond acceptors (Lipinski definition) is 3. The van der Waals surface area contributed by atoms with E-state index in [-0.39, 0.29) is 0 Å². The maximum atomic E-state index is 5.76. The van der Waals surface area contributed by atoms with E-state index in [0.29, 0.717) is 6.61 Å². The molecule has 0 saturated carbocycles. The first-order valence-corrected chi connectivity index (χ1v) is 6.55. The minimum Gasteiger partial charge on any atom is -0.386 e. The Hall–Kier alpha value is -0.683. The zero-order valence-corrected chi connectivity index (χ0v) is 8.99. The molecule has 4 heteroatoms. The van der Waals surface area contributed by atoms with Gasteiger partial charge in [-0.3, -0.25) is 0 Å². The van der Waals surface area contributed by atoms with E-state index in [1.807, 2.05) is 36.9 Å². The Morgan fingerprint density at radius 2 is 1.92 bits per heavy atom. The minimum absolute atomic E-state index is 0.522. The van der Waals surface area contributed by atoms with Crippen LogP contribution in [0.3, 0.4) is 0 Å². The molecule has 0 fully saturated rings. The predicted octanol–water partition coefficient (Wildman–Crippen LogP) is 1.38. The third kappa shape index (κ3) is 3.69. The molecule has 72 valence electrons. The Bertz CT molecular complexity index is 251. The van der Waals surface area contributed by atoms with Crippen LogP contribution in [0.1, 0.15) is 5.56 Å². The van der Waals surface area contributed by atoms with Gasteiger partial charge in [-0.2, -0.15) is 0 Å². The molecule has 0 spiro atoms. The molecule has 0 aliphatic carbocycles. The van der Waals surface area contributed by atoms with E-state index in [1.54, 1.807) is 7.11 Å². The largest absolute Gasteiger partial charge is 0.419 e. The number of nitrogens with two attached hydrogens (primary N) is 1. The van der Waals surface area contributed by atoms with Crippen LogP contribution in [-0.4, -0.2) is 15.8 Å². The fraction of sp³-hybridized carbons (Fsp3) is 0.333. The zero-order valence-electron chi connectivity index (χ0n) is 7.99. The third-order valence-corrected chi connectivity index (χ3v) is 3.30. The molecule has 0 aliphatic heterocycles. The quantitative estimate of drug-likeness (QED) is 0.742. The van der Waals surface area contributed by atoms with E-state index in [0.717, 1.165) is 5.56 Å². The summed E-state index contributed by atoms with van der Waals surface area (Å²) in [6.07, 6.45) is 0. The van der Waals surface area contributed by atoms with Crippen molar-refractivity contribution in [1.82, 2.24) is 0 Å². The molecule has 13 heavy (non-hydrogen) atoms. The SMILES string of the molecule is CO[Si](C)(N)OCc1ccccc1. The Morgan fingerprint density at radius 1 is 1.31 bits per heavy atom.